The Morgan fingerprint density at radius 2 is 2.12 bits per heavy atom. The molecule has 1 aromatic carbocycles. The molecular formula is C13H18N2O2. The molecule has 0 spiro atoms. The molecule has 0 aliphatic carbocycles. The molecule has 1 heterocycles. The first-order chi connectivity index (χ1) is 8.31. The van der Waals surface area contributed by atoms with Crippen molar-refractivity contribution in [2.75, 3.05) is 26.3 Å². The van der Waals surface area contributed by atoms with Gasteiger partial charge in [-0.3, -0.25) is 4.79 Å². The van der Waals surface area contributed by atoms with Crippen molar-refractivity contribution in [3.63, 3.8) is 0 Å². The lowest BCUT2D eigenvalue weighted by atomic mass is 10.00. The van der Waals surface area contributed by atoms with Crippen molar-refractivity contribution in [2.45, 2.75) is 13.0 Å². The number of rotatable bonds is 4. The Bertz CT molecular complexity index is 393. The molecule has 92 valence electrons. The summed E-state index contributed by atoms with van der Waals surface area (Å²) in [7, 11) is 0. The van der Waals surface area contributed by atoms with E-state index in [1.54, 1.807) is 0 Å². The van der Waals surface area contributed by atoms with Gasteiger partial charge in [0, 0.05) is 19.6 Å². The number of carbonyl (C=O) groups is 1. The van der Waals surface area contributed by atoms with Gasteiger partial charge in [-0.2, -0.15) is 0 Å². The van der Waals surface area contributed by atoms with Gasteiger partial charge in [0.1, 0.15) is 6.61 Å². The van der Waals surface area contributed by atoms with Crippen LogP contribution in [0.3, 0.4) is 0 Å². The number of nitrogens with two attached hydrogens (primary N) is 1. The largest absolute Gasteiger partial charge is 0.370 e. The standard InChI is InChI=1S/C13H18N2O2/c14-6-8-17-10-13(16)15-7-5-11-3-1-2-4-12(11)9-15/h1-4H,5-10,14H2. The van der Waals surface area contributed by atoms with Gasteiger partial charge in [-0.1, -0.05) is 24.3 Å². The predicted octanol–water partition coefficient (Wildman–Crippen LogP) is 0.547. The average Bonchev–Trinajstić information content (AvgIpc) is 2.38. The molecule has 2 N–H and O–H groups in total. The molecule has 1 aromatic rings. The Morgan fingerprint density at radius 3 is 2.88 bits per heavy atom. The van der Waals surface area contributed by atoms with Crippen LogP contribution in [0.25, 0.3) is 0 Å². The van der Waals surface area contributed by atoms with E-state index in [4.69, 9.17) is 10.5 Å². The summed E-state index contributed by atoms with van der Waals surface area (Å²) < 4.78 is 5.17. The van der Waals surface area contributed by atoms with Crippen LogP contribution in [0.1, 0.15) is 11.1 Å². The van der Waals surface area contributed by atoms with E-state index in [-0.39, 0.29) is 12.5 Å². The van der Waals surface area contributed by atoms with Gasteiger partial charge in [0.05, 0.1) is 6.61 Å². The minimum Gasteiger partial charge on any atom is -0.370 e. The van der Waals surface area contributed by atoms with Gasteiger partial charge < -0.3 is 15.4 Å². The number of hydrogen-bond acceptors (Lipinski definition) is 3. The van der Waals surface area contributed by atoms with Crippen LogP contribution in [-0.4, -0.2) is 37.1 Å². The molecule has 0 saturated heterocycles. The van der Waals surface area contributed by atoms with Crippen LogP contribution in [0, 0.1) is 0 Å². The van der Waals surface area contributed by atoms with Crippen molar-refractivity contribution in [1.82, 2.24) is 4.90 Å². The molecule has 4 heteroatoms. The number of nitrogens with zero attached hydrogens (tertiary/aromatic N) is 1. The fourth-order valence-corrected chi connectivity index (χ4v) is 2.04. The van der Waals surface area contributed by atoms with Crippen LogP contribution in [0.2, 0.25) is 0 Å². The molecule has 0 atom stereocenters. The second kappa shape index (κ2) is 5.80. The maximum Gasteiger partial charge on any atom is 0.248 e. The predicted molar refractivity (Wildman–Crippen MR) is 65.4 cm³/mol. The summed E-state index contributed by atoms with van der Waals surface area (Å²) in [5.41, 5.74) is 7.89. The van der Waals surface area contributed by atoms with E-state index in [0.717, 1.165) is 13.0 Å². The van der Waals surface area contributed by atoms with Gasteiger partial charge in [-0.15, -0.1) is 0 Å². The number of hydrogen-bond donors (Lipinski definition) is 1. The molecule has 1 aliphatic heterocycles. The second-order valence-corrected chi connectivity index (χ2v) is 4.18. The van der Waals surface area contributed by atoms with E-state index in [1.165, 1.54) is 11.1 Å². The first-order valence-electron chi connectivity index (χ1n) is 5.93. The van der Waals surface area contributed by atoms with Crippen molar-refractivity contribution < 1.29 is 9.53 Å². The smallest absolute Gasteiger partial charge is 0.248 e. The summed E-state index contributed by atoms with van der Waals surface area (Å²) in [6.07, 6.45) is 0.929. The molecule has 0 aromatic heterocycles. The summed E-state index contributed by atoms with van der Waals surface area (Å²) >= 11 is 0. The Hall–Kier alpha value is -1.39. The Kier molecular flexibility index (Phi) is 4.12. The molecule has 0 saturated carbocycles. The zero-order chi connectivity index (χ0) is 12.1. The normalized spacial score (nSPS) is 14.5. The SMILES string of the molecule is NCCOCC(=O)N1CCc2ccccc2C1. The van der Waals surface area contributed by atoms with Crippen LogP contribution < -0.4 is 5.73 Å². The third kappa shape index (κ3) is 3.05. The van der Waals surface area contributed by atoms with Crippen molar-refractivity contribution in [1.29, 1.82) is 0 Å². The maximum absolute atomic E-state index is 11.8. The minimum absolute atomic E-state index is 0.0490. The van der Waals surface area contributed by atoms with Crippen molar-refractivity contribution in [2.24, 2.45) is 5.73 Å². The fourth-order valence-electron chi connectivity index (χ4n) is 2.04. The molecule has 4 nitrogen and oxygen atoms in total. The zero-order valence-corrected chi connectivity index (χ0v) is 9.89. The molecule has 1 aliphatic rings. The minimum atomic E-state index is 0.0490. The van der Waals surface area contributed by atoms with Crippen LogP contribution in [0.15, 0.2) is 24.3 Å². The fraction of sp³-hybridized carbons (Fsp3) is 0.462. The summed E-state index contributed by atoms with van der Waals surface area (Å²) in [5, 5.41) is 0. The lowest BCUT2D eigenvalue weighted by Crippen LogP contribution is -2.38. The zero-order valence-electron chi connectivity index (χ0n) is 9.89. The highest BCUT2D eigenvalue weighted by Crippen LogP contribution is 2.18. The van der Waals surface area contributed by atoms with Gasteiger partial charge in [-0.05, 0) is 17.5 Å². The first-order valence-corrected chi connectivity index (χ1v) is 5.93. The van der Waals surface area contributed by atoms with Crippen molar-refractivity contribution in [3.05, 3.63) is 35.4 Å². The first kappa shape index (κ1) is 12.1. The monoisotopic (exact) mass is 234 g/mol. The molecule has 0 radical (unpaired) electrons. The topological polar surface area (TPSA) is 55.6 Å². The Balaban J connectivity index is 1.91. The highest BCUT2D eigenvalue weighted by atomic mass is 16.5. The summed E-state index contributed by atoms with van der Waals surface area (Å²) in [6.45, 7) is 2.51. The van der Waals surface area contributed by atoms with Crippen LogP contribution in [0.4, 0.5) is 0 Å². The third-order valence-electron chi connectivity index (χ3n) is 2.97. The van der Waals surface area contributed by atoms with E-state index >= 15 is 0 Å². The quantitative estimate of drug-likeness (QED) is 0.774. The Morgan fingerprint density at radius 1 is 1.35 bits per heavy atom. The van der Waals surface area contributed by atoms with Gasteiger partial charge >= 0.3 is 0 Å². The second-order valence-electron chi connectivity index (χ2n) is 4.18. The molecule has 0 unspecified atom stereocenters. The van der Waals surface area contributed by atoms with E-state index in [1.807, 2.05) is 17.0 Å². The molecule has 0 bridgehead atoms. The summed E-state index contributed by atoms with van der Waals surface area (Å²) in [6, 6.07) is 8.26. The highest BCUT2D eigenvalue weighted by Gasteiger charge is 2.19. The van der Waals surface area contributed by atoms with Crippen molar-refractivity contribution >= 4 is 5.91 Å². The summed E-state index contributed by atoms with van der Waals surface area (Å²) in [5.74, 6) is 0.0490. The highest BCUT2D eigenvalue weighted by molar-refractivity contribution is 5.77. The average molecular weight is 234 g/mol. The number of benzene rings is 1. The van der Waals surface area contributed by atoms with Gasteiger partial charge in [0.25, 0.3) is 0 Å². The molecule has 1 amide bonds. The molecule has 0 fully saturated rings. The van der Waals surface area contributed by atoms with E-state index in [2.05, 4.69) is 12.1 Å². The number of fused-ring (bicyclic) bond motifs is 1. The van der Waals surface area contributed by atoms with E-state index in [9.17, 15) is 4.79 Å². The van der Waals surface area contributed by atoms with E-state index in [0.29, 0.717) is 19.7 Å². The van der Waals surface area contributed by atoms with Crippen molar-refractivity contribution in [3.8, 4) is 0 Å². The van der Waals surface area contributed by atoms with Gasteiger partial charge in [0.2, 0.25) is 5.91 Å². The molecule has 17 heavy (non-hydrogen) atoms. The number of carbonyl (C=O) groups excluding carboxylic acids is 1. The van der Waals surface area contributed by atoms with Crippen LogP contribution in [-0.2, 0) is 22.5 Å². The molecular weight excluding hydrogens is 216 g/mol. The van der Waals surface area contributed by atoms with Gasteiger partial charge in [-0.25, -0.2) is 0 Å². The number of ether oxygens (including phenoxy) is 1. The lowest BCUT2D eigenvalue weighted by molar-refractivity contribution is -0.136. The number of amides is 1. The van der Waals surface area contributed by atoms with Gasteiger partial charge in [0.15, 0.2) is 0 Å². The Labute approximate surface area is 101 Å². The van der Waals surface area contributed by atoms with Crippen LogP contribution >= 0.6 is 0 Å². The van der Waals surface area contributed by atoms with Crippen LogP contribution in [0.5, 0.6) is 0 Å². The maximum atomic E-state index is 11.8. The lowest BCUT2D eigenvalue weighted by Gasteiger charge is -2.28. The third-order valence-corrected chi connectivity index (χ3v) is 2.97. The summed E-state index contributed by atoms with van der Waals surface area (Å²) in [4.78, 5) is 13.7. The molecule has 2 rings (SSSR count). The van der Waals surface area contributed by atoms with E-state index < -0.39 is 0 Å².